The monoisotopic (exact) mass is 478 g/mol. The molecule has 3 N–H and O–H groups in total. The van der Waals surface area contributed by atoms with E-state index in [2.05, 4.69) is 20.3 Å². The van der Waals surface area contributed by atoms with E-state index in [1.54, 1.807) is 18.3 Å². The van der Waals surface area contributed by atoms with Crippen LogP contribution in [0.5, 0.6) is 0 Å². The molecule has 1 amide bonds. The smallest absolute Gasteiger partial charge is 0.379 e. The molecule has 0 aliphatic carbocycles. The lowest BCUT2D eigenvalue weighted by Gasteiger charge is -2.29. The molecule has 8 nitrogen and oxygen atoms in total. The summed E-state index contributed by atoms with van der Waals surface area (Å²) in [4.78, 5) is 25.2. The second kappa shape index (κ2) is 10.6. The normalized spacial score (nSPS) is 19.3. The summed E-state index contributed by atoms with van der Waals surface area (Å²) < 4.78 is 41.8. The highest BCUT2D eigenvalue weighted by Gasteiger charge is 2.31. The van der Waals surface area contributed by atoms with Gasteiger partial charge >= 0.3 is 6.18 Å². The first-order valence-corrected chi connectivity index (χ1v) is 10.8. The molecule has 0 aromatic carbocycles. The lowest BCUT2D eigenvalue weighted by atomic mass is 9.94. The van der Waals surface area contributed by atoms with Gasteiger partial charge in [-0.15, -0.1) is 0 Å². The van der Waals surface area contributed by atoms with Gasteiger partial charge in [0.15, 0.2) is 5.17 Å². The number of carbonyl (C=O) groups excluding carboxylic acids is 1. The van der Waals surface area contributed by atoms with Crippen LogP contribution in [0.1, 0.15) is 41.0 Å². The molecule has 0 saturated carbocycles. The highest BCUT2D eigenvalue weighted by Crippen LogP contribution is 2.33. The quantitative estimate of drug-likeness (QED) is 0.624. The van der Waals surface area contributed by atoms with Crippen LogP contribution in [0, 0.1) is 11.3 Å². The van der Waals surface area contributed by atoms with E-state index in [-0.39, 0.29) is 34.7 Å². The van der Waals surface area contributed by atoms with Crippen molar-refractivity contribution in [1.82, 2.24) is 9.97 Å². The van der Waals surface area contributed by atoms with Crippen LogP contribution in [0.3, 0.4) is 0 Å². The molecular weight excluding hydrogens is 457 g/mol. The van der Waals surface area contributed by atoms with Gasteiger partial charge in [0.05, 0.1) is 18.2 Å². The molecule has 174 valence electrons. The Bertz CT molecular complexity index is 1060. The number of nitrogens with zero attached hydrogens (tertiary/aromatic N) is 4. The Morgan fingerprint density at radius 2 is 2.18 bits per heavy atom. The molecule has 1 aliphatic rings. The number of nitriles is 1. The fourth-order valence-electron chi connectivity index (χ4n) is 3.22. The molecule has 3 heterocycles. The summed E-state index contributed by atoms with van der Waals surface area (Å²) in [6.07, 6.45) is -1.05. The molecule has 1 unspecified atom stereocenters. The van der Waals surface area contributed by atoms with Crippen molar-refractivity contribution in [3.63, 3.8) is 0 Å². The van der Waals surface area contributed by atoms with Gasteiger partial charge in [-0.2, -0.15) is 18.4 Å². The van der Waals surface area contributed by atoms with Crippen molar-refractivity contribution in [2.24, 2.45) is 10.7 Å². The molecule has 3 atom stereocenters. The van der Waals surface area contributed by atoms with Gasteiger partial charge in [0.2, 0.25) is 0 Å². The number of ether oxygens (including phenoxy) is 1. The van der Waals surface area contributed by atoms with Crippen molar-refractivity contribution in [2.75, 3.05) is 18.5 Å². The van der Waals surface area contributed by atoms with Gasteiger partial charge in [-0.05, 0) is 30.7 Å². The van der Waals surface area contributed by atoms with Gasteiger partial charge in [-0.3, -0.25) is 14.8 Å². The average Bonchev–Trinajstić information content (AvgIpc) is 2.77. The van der Waals surface area contributed by atoms with Gasteiger partial charge in [0.25, 0.3) is 5.91 Å². The first kappa shape index (κ1) is 24.5. The molecule has 0 radical (unpaired) electrons. The zero-order valence-electron chi connectivity index (χ0n) is 17.5. The summed E-state index contributed by atoms with van der Waals surface area (Å²) in [5, 5.41) is 11.6. The number of alkyl halides is 3. The Kier molecular flexibility index (Phi) is 7.88. The van der Waals surface area contributed by atoms with Crippen molar-refractivity contribution in [1.29, 1.82) is 5.26 Å². The van der Waals surface area contributed by atoms with Crippen molar-refractivity contribution in [3.05, 3.63) is 53.6 Å². The summed E-state index contributed by atoms with van der Waals surface area (Å²) in [6, 6.07) is 7.92. The van der Waals surface area contributed by atoms with Gasteiger partial charge in [0.1, 0.15) is 18.4 Å². The molecule has 1 aliphatic heterocycles. The van der Waals surface area contributed by atoms with Gasteiger partial charge < -0.3 is 15.8 Å². The summed E-state index contributed by atoms with van der Waals surface area (Å²) in [5.41, 5.74) is 7.54. The zero-order valence-corrected chi connectivity index (χ0v) is 18.4. The van der Waals surface area contributed by atoms with E-state index in [4.69, 9.17) is 15.7 Å². The van der Waals surface area contributed by atoms with E-state index in [0.29, 0.717) is 23.4 Å². The summed E-state index contributed by atoms with van der Waals surface area (Å²) >= 11 is 1.20. The van der Waals surface area contributed by atoms with Crippen LogP contribution in [-0.4, -0.2) is 51.7 Å². The Morgan fingerprint density at radius 3 is 2.85 bits per heavy atom. The highest BCUT2D eigenvalue weighted by atomic mass is 32.2. The molecule has 0 bridgehead atoms. The molecule has 0 spiro atoms. The van der Waals surface area contributed by atoms with Crippen molar-refractivity contribution >= 4 is 28.5 Å². The maximum Gasteiger partial charge on any atom is 0.411 e. The zero-order chi connectivity index (χ0) is 24.0. The van der Waals surface area contributed by atoms with Gasteiger partial charge in [0, 0.05) is 34.9 Å². The Balaban J connectivity index is 1.65. The minimum Gasteiger partial charge on any atom is -0.379 e. The third-order valence-corrected chi connectivity index (χ3v) is 5.87. The largest absolute Gasteiger partial charge is 0.411 e. The Labute approximate surface area is 192 Å². The third kappa shape index (κ3) is 7.16. The van der Waals surface area contributed by atoms with Crippen molar-refractivity contribution in [3.8, 4) is 6.07 Å². The Hall–Kier alpha value is -3.17. The SMILES string of the molecule is C[C@H](c1cc(NC(=O)c2ccc(C#N)cn2)ccn1)C1C[C@@H](COCC(F)(F)F)SC(N)=N1. The second-order valence-electron chi connectivity index (χ2n) is 7.40. The summed E-state index contributed by atoms with van der Waals surface area (Å²) in [5.74, 6) is -0.651. The number of rotatable bonds is 7. The molecule has 2 aromatic heterocycles. The van der Waals surface area contributed by atoms with Crippen molar-refractivity contribution < 1.29 is 22.7 Å². The number of nitrogens with two attached hydrogens (primary N) is 1. The standard InChI is InChI=1S/C21H21F3N6O2S/c1-12(18-7-15(33-20(26)30-18)10-32-11-21(22,23)24)17-6-14(4-5-27-17)29-19(31)16-3-2-13(8-25)9-28-16/h2-6,9,12,15,18H,7,10-11H2,1H3,(H2,26,30)(H,27,29,31)/t12-,15+,18?/m1/s1. The lowest BCUT2D eigenvalue weighted by molar-refractivity contribution is -0.173. The third-order valence-electron chi connectivity index (χ3n) is 4.86. The van der Waals surface area contributed by atoms with Gasteiger partial charge in [-0.25, -0.2) is 4.98 Å². The summed E-state index contributed by atoms with van der Waals surface area (Å²) in [6.45, 7) is 0.491. The molecule has 3 rings (SSSR count). The second-order valence-corrected chi connectivity index (χ2v) is 8.72. The fourth-order valence-corrected chi connectivity index (χ4v) is 4.22. The maximum absolute atomic E-state index is 12.4. The minimum atomic E-state index is -4.38. The molecule has 0 saturated heterocycles. The first-order valence-electron chi connectivity index (χ1n) is 9.92. The van der Waals surface area contributed by atoms with E-state index < -0.39 is 18.7 Å². The minimum absolute atomic E-state index is 0.0925. The predicted molar refractivity (Wildman–Crippen MR) is 118 cm³/mol. The number of hydrogen-bond donors (Lipinski definition) is 2. The number of thioether (sulfide) groups is 1. The number of anilines is 1. The van der Waals surface area contributed by atoms with Crippen LogP contribution < -0.4 is 11.1 Å². The molecule has 2 aromatic rings. The van der Waals surface area contributed by atoms with Crippen LogP contribution in [0.2, 0.25) is 0 Å². The predicted octanol–water partition coefficient (Wildman–Crippen LogP) is 3.47. The average molecular weight is 479 g/mol. The number of hydrogen-bond acceptors (Lipinski definition) is 8. The molecule has 12 heteroatoms. The van der Waals surface area contributed by atoms with E-state index in [0.717, 1.165) is 0 Å². The number of pyridine rings is 2. The number of nitrogens with one attached hydrogen (secondary N) is 1. The van der Waals surface area contributed by atoms with Crippen LogP contribution in [0.15, 0.2) is 41.7 Å². The highest BCUT2D eigenvalue weighted by molar-refractivity contribution is 8.14. The number of halogens is 3. The number of aromatic nitrogens is 2. The number of aliphatic imine (C=N–C) groups is 1. The molecule has 33 heavy (non-hydrogen) atoms. The maximum atomic E-state index is 12.4. The van der Waals surface area contributed by atoms with Crippen molar-refractivity contribution in [2.45, 2.75) is 36.7 Å². The van der Waals surface area contributed by atoms with Crippen LogP contribution in [-0.2, 0) is 4.74 Å². The lowest BCUT2D eigenvalue weighted by Crippen LogP contribution is -2.33. The molecule has 0 fully saturated rings. The molecular formula is C21H21F3N6O2S. The number of carbonyl (C=O) groups is 1. The number of amides is 1. The first-order chi connectivity index (χ1) is 15.6. The van der Waals surface area contributed by atoms with E-state index in [1.165, 1.54) is 30.1 Å². The Morgan fingerprint density at radius 1 is 1.39 bits per heavy atom. The van der Waals surface area contributed by atoms with Crippen LogP contribution in [0.4, 0.5) is 18.9 Å². The van der Waals surface area contributed by atoms with Crippen LogP contribution >= 0.6 is 11.8 Å². The topological polar surface area (TPSA) is 126 Å². The van der Waals surface area contributed by atoms with E-state index >= 15 is 0 Å². The van der Waals surface area contributed by atoms with E-state index in [1.807, 2.05) is 13.0 Å². The fraction of sp³-hybridized carbons (Fsp3) is 0.381. The van der Waals surface area contributed by atoms with E-state index in [9.17, 15) is 18.0 Å². The van der Waals surface area contributed by atoms with Gasteiger partial charge in [-0.1, -0.05) is 18.7 Å². The summed E-state index contributed by atoms with van der Waals surface area (Å²) in [7, 11) is 0. The number of amidine groups is 1. The van der Waals surface area contributed by atoms with Crippen LogP contribution in [0.25, 0.3) is 0 Å².